The molecule has 3 heteroatoms. The molecule has 0 unspecified atom stereocenters. The van der Waals surface area contributed by atoms with E-state index >= 15 is 0 Å². The minimum Gasteiger partial charge on any atom is -0.386 e. The van der Waals surface area contributed by atoms with E-state index in [1.807, 2.05) is 6.92 Å². The Balaban J connectivity index is 4.28. The largest absolute Gasteiger partial charge is 0.386 e. The third kappa shape index (κ3) is 4.91. The Morgan fingerprint density at radius 1 is 1.58 bits per heavy atom. The van der Waals surface area contributed by atoms with Crippen molar-refractivity contribution in [2.45, 2.75) is 33.3 Å². The van der Waals surface area contributed by atoms with Gasteiger partial charge >= 0.3 is 0 Å². The van der Waals surface area contributed by atoms with Crippen molar-refractivity contribution in [3.05, 3.63) is 11.6 Å². The van der Waals surface area contributed by atoms with Gasteiger partial charge in [0.1, 0.15) is 0 Å². The highest BCUT2D eigenvalue weighted by molar-refractivity contribution is 5.92. The zero-order valence-electron chi connectivity index (χ0n) is 8.14. The van der Waals surface area contributed by atoms with Gasteiger partial charge in [-0.2, -0.15) is 0 Å². The standard InChI is InChI=1S/C9H17NO2/c1-5-10-8(11)7(2)6-9(3,4)12/h6,12H,5H2,1-4H3,(H,10,11)/b7-6+. The van der Waals surface area contributed by atoms with E-state index in [4.69, 9.17) is 0 Å². The van der Waals surface area contributed by atoms with Gasteiger partial charge in [-0.1, -0.05) is 0 Å². The van der Waals surface area contributed by atoms with Crippen LogP contribution in [0, 0.1) is 0 Å². The molecule has 0 heterocycles. The van der Waals surface area contributed by atoms with Crippen molar-refractivity contribution in [3.8, 4) is 0 Å². The Morgan fingerprint density at radius 3 is 2.42 bits per heavy atom. The number of carbonyl (C=O) groups excluding carboxylic acids is 1. The van der Waals surface area contributed by atoms with E-state index in [2.05, 4.69) is 5.32 Å². The topological polar surface area (TPSA) is 49.3 Å². The zero-order valence-corrected chi connectivity index (χ0v) is 8.14. The number of rotatable bonds is 3. The third-order valence-corrected chi connectivity index (χ3v) is 1.27. The van der Waals surface area contributed by atoms with Gasteiger partial charge in [0, 0.05) is 12.1 Å². The van der Waals surface area contributed by atoms with Gasteiger partial charge < -0.3 is 10.4 Å². The molecule has 0 aromatic carbocycles. The second kappa shape index (κ2) is 4.26. The van der Waals surface area contributed by atoms with Crippen molar-refractivity contribution in [1.29, 1.82) is 0 Å². The smallest absolute Gasteiger partial charge is 0.246 e. The SMILES string of the molecule is CCNC(=O)/C(C)=C/C(C)(C)O. The normalized spacial score (nSPS) is 12.9. The summed E-state index contributed by atoms with van der Waals surface area (Å²) in [4.78, 5) is 11.1. The van der Waals surface area contributed by atoms with Gasteiger partial charge in [0.2, 0.25) is 5.91 Å². The molecule has 70 valence electrons. The lowest BCUT2D eigenvalue weighted by Crippen LogP contribution is -2.25. The first-order valence-electron chi connectivity index (χ1n) is 4.07. The van der Waals surface area contributed by atoms with Crippen LogP contribution in [0.15, 0.2) is 11.6 Å². The molecule has 1 amide bonds. The minimum absolute atomic E-state index is 0.125. The molecule has 2 N–H and O–H groups in total. The van der Waals surface area contributed by atoms with Crippen LogP contribution in [0.1, 0.15) is 27.7 Å². The maximum atomic E-state index is 11.1. The van der Waals surface area contributed by atoms with Gasteiger partial charge in [0.15, 0.2) is 0 Å². The highest BCUT2D eigenvalue weighted by Crippen LogP contribution is 2.06. The second-order valence-corrected chi connectivity index (χ2v) is 3.34. The van der Waals surface area contributed by atoms with Crippen molar-refractivity contribution < 1.29 is 9.90 Å². The van der Waals surface area contributed by atoms with Crippen molar-refractivity contribution in [1.82, 2.24) is 5.32 Å². The quantitative estimate of drug-likeness (QED) is 0.618. The monoisotopic (exact) mass is 171 g/mol. The molecule has 0 aliphatic carbocycles. The predicted molar refractivity (Wildman–Crippen MR) is 48.7 cm³/mol. The van der Waals surface area contributed by atoms with Crippen LogP contribution in [-0.2, 0) is 4.79 Å². The summed E-state index contributed by atoms with van der Waals surface area (Å²) in [5.41, 5.74) is -0.376. The fourth-order valence-corrected chi connectivity index (χ4v) is 0.895. The number of carbonyl (C=O) groups is 1. The molecule has 0 saturated carbocycles. The fraction of sp³-hybridized carbons (Fsp3) is 0.667. The Hall–Kier alpha value is -0.830. The summed E-state index contributed by atoms with van der Waals surface area (Å²) in [6.45, 7) is 7.42. The summed E-state index contributed by atoms with van der Waals surface area (Å²) in [6.07, 6.45) is 1.54. The van der Waals surface area contributed by atoms with E-state index in [0.717, 1.165) is 0 Å². The number of hydrogen-bond donors (Lipinski definition) is 2. The summed E-state index contributed by atoms with van der Waals surface area (Å²) < 4.78 is 0. The molecule has 0 rings (SSSR count). The number of amides is 1. The van der Waals surface area contributed by atoms with Crippen molar-refractivity contribution >= 4 is 5.91 Å². The lowest BCUT2D eigenvalue weighted by molar-refractivity contribution is -0.117. The van der Waals surface area contributed by atoms with Gasteiger partial charge in [-0.15, -0.1) is 0 Å². The number of hydrogen-bond acceptors (Lipinski definition) is 2. The summed E-state index contributed by atoms with van der Waals surface area (Å²) in [6, 6.07) is 0. The van der Waals surface area contributed by atoms with E-state index in [-0.39, 0.29) is 5.91 Å². The lowest BCUT2D eigenvalue weighted by Gasteiger charge is -2.12. The van der Waals surface area contributed by atoms with Crippen LogP contribution in [0.4, 0.5) is 0 Å². The number of likely N-dealkylation sites (N-methyl/N-ethyl adjacent to an activating group) is 1. The van der Waals surface area contributed by atoms with Crippen LogP contribution in [0.25, 0.3) is 0 Å². The summed E-state index contributed by atoms with van der Waals surface area (Å²) in [5, 5.41) is 12.0. The number of nitrogens with one attached hydrogen (secondary N) is 1. The Labute approximate surface area is 73.5 Å². The van der Waals surface area contributed by atoms with Crippen LogP contribution in [0.2, 0.25) is 0 Å². The Bertz CT molecular complexity index is 189. The molecule has 0 saturated heterocycles. The molecule has 0 aromatic heterocycles. The van der Waals surface area contributed by atoms with Crippen LogP contribution in [0.3, 0.4) is 0 Å². The van der Waals surface area contributed by atoms with Crippen LogP contribution in [-0.4, -0.2) is 23.2 Å². The second-order valence-electron chi connectivity index (χ2n) is 3.34. The van der Waals surface area contributed by atoms with Gasteiger partial charge in [-0.25, -0.2) is 0 Å². The maximum absolute atomic E-state index is 11.1. The molecule has 0 bridgehead atoms. The van der Waals surface area contributed by atoms with Crippen LogP contribution < -0.4 is 5.32 Å². The zero-order chi connectivity index (χ0) is 9.78. The molecule has 0 radical (unpaired) electrons. The lowest BCUT2D eigenvalue weighted by atomic mass is 10.1. The van der Waals surface area contributed by atoms with Crippen molar-refractivity contribution in [2.24, 2.45) is 0 Å². The Morgan fingerprint density at radius 2 is 2.08 bits per heavy atom. The first-order chi connectivity index (χ1) is 5.37. The van der Waals surface area contributed by atoms with Gasteiger partial charge in [0.05, 0.1) is 5.60 Å². The molecule has 3 nitrogen and oxygen atoms in total. The summed E-state index contributed by atoms with van der Waals surface area (Å²) in [5.74, 6) is -0.125. The summed E-state index contributed by atoms with van der Waals surface area (Å²) >= 11 is 0. The van der Waals surface area contributed by atoms with Gasteiger partial charge in [0.25, 0.3) is 0 Å². The molecule has 0 fully saturated rings. The van der Waals surface area contributed by atoms with Gasteiger partial charge in [-0.3, -0.25) is 4.79 Å². The van der Waals surface area contributed by atoms with Crippen LogP contribution >= 0.6 is 0 Å². The van der Waals surface area contributed by atoms with E-state index in [9.17, 15) is 9.90 Å². The first-order valence-corrected chi connectivity index (χ1v) is 4.07. The molecule has 0 spiro atoms. The highest BCUT2D eigenvalue weighted by Gasteiger charge is 2.11. The first kappa shape index (κ1) is 11.2. The third-order valence-electron chi connectivity index (χ3n) is 1.27. The highest BCUT2D eigenvalue weighted by atomic mass is 16.3. The minimum atomic E-state index is -0.921. The maximum Gasteiger partial charge on any atom is 0.246 e. The summed E-state index contributed by atoms with van der Waals surface area (Å²) in [7, 11) is 0. The molecule has 0 aliphatic heterocycles. The van der Waals surface area contributed by atoms with E-state index in [0.29, 0.717) is 12.1 Å². The predicted octanol–water partition coefficient (Wildman–Crippen LogP) is 0.840. The number of aliphatic hydroxyl groups is 1. The molecule has 12 heavy (non-hydrogen) atoms. The van der Waals surface area contributed by atoms with Crippen LogP contribution in [0.5, 0.6) is 0 Å². The van der Waals surface area contributed by atoms with Gasteiger partial charge in [-0.05, 0) is 33.8 Å². The molecule has 0 atom stereocenters. The van der Waals surface area contributed by atoms with E-state index in [1.54, 1.807) is 20.8 Å². The van der Waals surface area contributed by atoms with Crippen molar-refractivity contribution in [2.75, 3.05) is 6.54 Å². The fourth-order valence-electron chi connectivity index (χ4n) is 0.895. The van der Waals surface area contributed by atoms with Crippen molar-refractivity contribution in [3.63, 3.8) is 0 Å². The average Bonchev–Trinajstić information content (AvgIpc) is 1.84. The molecule has 0 aromatic rings. The van der Waals surface area contributed by atoms with E-state index in [1.165, 1.54) is 6.08 Å². The average molecular weight is 171 g/mol. The molecule has 0 aliphatic rings. The molecular weight excluding hydrogens is 154 g/mol. The van der Waals surface area contributed by atoms with E-state index < -0.39 is 5.60 Å². The Kier molecular flexibility index (Phi) is 3.96. The molecular formula is C9H17NO2.